The van der Waals surface area contributed by atoms with Crippen LogP contribution in [0.15, 0.2) is 18.3 Å². The smallest absolute Gasteiger partial charge is 0.231 e. The first-order chi connectivity index (χ1) is 8.40. The van der Waals surface area contributed by atoms with Gasteiger partial charge in [-0.3, -0.25) is 0 Å². The Labute approximate surface area is 114 Å². The number of halogens is 1. The molecular formula is C13H18ClN3O. The van der Waals surface area contributed by atoms with Crippen molar-refractivity contribution in [3.05, 3.63) is 23.9 Å². The van der Waals surface area contributed by atoms with Crippen molar-refractivity contribution in [3.63, 3.8) is 0 Å². The molecule has 1 N–H and O–H groups in total. The van der Waals surface area contributed by atoms with E-state index in [1.165, 1.54) is 12.8 Å². The third-order valence-electron chi connectivity index (χ3n) is 3.06. The van der Waals surface area contributed by atoms with Crippen molar-refractivity contribution in [2.24, 2.45) is 5.92 Å². The van der Waals surface area contributed by atoms with Crippen LogP contribution in [0.4, 0.5) is 0 Å². The summed E-state index contributed by atoms with van der Waals surface area (Å²) in [5.74, 6) is 1.15. The van der Waals surface area contributed by atoms with Crippen molar-refractivity contribution in [3.8, 4) is 11.9 Å². The minimum absolute atomic E-state index is 0. The van der Waals surface area contributed by atoms with Gasteiger partial charge in [-0.05, 0) is 50.4 Å². The van der Waals surface area contributed by atoms with Gasteiger partial charge in [0.2, 0.25) is 5.88 Å². The van der Waals surface area contributed by atoms with E-state index < -0.39 is 0 Å². The van der Waals surface area contributed by atoms with Gasteiger partial charge in [-0.15, -0.1) is 12.4 Å². The molecule has 1 aliphatic rings. The van der Waals surface area contributed by atoms with Gasteiger partial charge in [-0.1, -0.05) is 0 Å². The van der Waals surface area contributed by atoms with Crippen LogP contribution in [-0.4, -0.2) is 24.7 Å². The molecule has 1 saturated heterocycles. The number of rotatable bonds is 4. The lowest BCUT2D eigenvalue weighted by molar-refractivity contribution is 0.247. The van der Waals surface area contributed by atoms with Crippen LogP contribution in [0.25, 0.3) is 0 Å². The highest BCUT2D eigenvalue weighted by Crippen LogP contribution is 2.16. The second-order valence-electron chi connectivity index (χ2n) is 4.32. The number of nitrogens with one attached hydrogen (secondary N) is 1. The third kappa shape index (κ3) is 4.17. The van der Waals surface area contributed by atoms with Crippen LogP contribution in [-0.2, 0) is 0 Å². The van der Waals surface area contributed by atoms with E-state index in [4.69, 9.17) is 10.00 Å². The van der Waals surface area contributed by atoms with Crippen LogP contribution in [0, 0.1) is 17.2 Å². The van der Waals surface area contributed by atoms with Crippen LogP contribution in [0.2, 0.25) is 0 Å². The fraction of sp³-hybridized carbons (Fsp3) is 0.538. The second kappa shape index (κ2) is 7.91. The number of hydrogen-bond donors (Lipinski definition) is 1. The summed E-state index contributed by atoms with van der Waals surface area (Å²) in [6.45, 7) is 2.85. The van der Waals surface area contributed by atoms with Gasteiger partial charge in [0.05, 0.1) is 6.61 Å². The summed E-state index contributed by atoms with van der Waals surface area (Å²) >= 11 is 0. The first-order valence-corrected chi connectivity index (χ1v) is 6.09. The maximum Gasteiger partial charge on any atom is 0.231 e. The van der Waals surface area contributed by atoms with E-state index in [0.717, 1.165) is 19.5 Å². The number of hydrogen-bond acceptors (Lipinski definition) is 4. The molecule has 0 saturated carbocycles. The summed E-state index contributed by atoms with van der Waals surface area (Å²) < 4.78 is 5.57. The average Bonchev–Trinajstić information content (AvgIpc) is 2.40. The summed E-state index contributed by atoms with van der Waals surface area (Å²) in [7, 11) is 0. The standard InChI is InChI=1S/C13H17N3O.ClH/c14-9-12-4-2-7-16-13(12)17-8-5-11-3-1-6-15-10-11;/h2,4,7,11,15H,1,3,5-6,8,10H2;1H. The van der Waals surface area contributed by atoms with Crippen LogP contribution < -0.4 is 10.1 Å². The van der Waals surface area contributed by atoms with Crippen molar-refractivity contribution < 1.29 is 4.74 Å². The van der Waals surface area contributed by atoms with E-state index in [1.807, 2.05) is 0 Å². The zero-order valence-corrected chi connectivity index (χ0v) is 11.1. The molecular weight excluding hydrogens is 250 g/mol. The highest BCUT2D eigenvalue weighted by molar-refractivity contribution is 5.85. The van der Waals surface area contributed by atoms with Crippen LogP contribution >= 0.6 is 12.4 Å². The van der Waals surface area contributed by atoms with Gasteiger partial charge >= 0.3 is 0 Å². The zero-order chi connectivity index (χ0) is 11.9. The topological polar surface area (TPSA) is 57.9 Å². The van der Waals surface area contributed by atoms with Gasteiger partial charge in [0.1, 0.15) is 11.6 Å². The summed E-state index contributed by atoms with van der Waals surface area (Å²) in [6.07, 6.45) is 5.19. The lowest BCUT2D eigenvalue weighted by Crippen LogP contribution is -2.30. The fourth-order valence-corrected chi connectivity index (χ4v) is 2.08. The zero-order valence-electron chi connectivity index (χ0n) is 10.3. The largest absolute Gasteiger partial charge is 0.477 e. The van der Waals surface area contributed by atoms with E-state index in [0.29, 0.717) is 24.0 Å². The Bertz CT molecular complexity index is 399. The van der Waals surface area contributed by atoms with Gasteiger partial charge < -0.3 is 10.1 Å². The molecule has 1 fully saturated rings. The highest BCUT2D eigenvalue weighted by atomic mass is 35.5. The van der Waals surface area contributed by atoms with E-state index in [-0.39, 0.29) is 12.4 Å². The van der Waals surface area contributed by atoms with Gasteiger partial charge in [0.25, 0.3) is 0 Å². The molecule has 0 spiro atoms. The maximum atomic E-state index is 8.89. The monoisotopic (exact) mass is 267 g/mol. The first kappa shape index (κ1) is 14.7. The van der Waals surface area contributed by atoms with E-state index in [2.05, 4.69) is 16.4 Å². The average molecular weight is 268 g/mol. The first-order valence-electron chi connectivity index (χ1n) is 6.09. The molecule has 0 aliphatic carbocycles. The summed E-state index contributed by atoms with van der Waals surface area (Å²) in [4.78, 5) is 4.07. The highest BCUT2D eigenvalue weighted by Gasteiger charge is 2.13. The molecule has 1 aromatic heterocycles. The molecule has 5 heteroatoms. The second-order valence-corrected chi connectivity index (χ2v) is 4.32. The Morgan fingerprint density at radius 2 is 2.44 bits per heavy atom. The lowest BCUT2D eigenvalue weighted by Gasteiger charge is -2.22. The van der Waals surface area contributed by atoms with E-state index >= 15 is 0 Å². The molecule has 2 heterocycles. The molecule has 0 radical (unpaired) electrons. The molecule has 4 nitrogen and oxygen atoms in total. The van der Waals surface area contributed by atoms with E-state index in [1.54, 1.807) is 18.3 Å². The van der Waals surface area contributed by atoms with Crippen molar-refractivity contribution in [2.75, 3.05) is 19.7 Å². The minimum Gasteiger partial charge on any atom is -0.477 e. The molecule has 0 bridgehead atoms. The number of nitrogens with zero attached hydrogens (tertiary/aromatic N) is 2. The fourth-order valence-electron chi connectivity index (χ4n) is 2.08. The summed E-state index contributed by atoms with van der Waals surface area (Å²) in [5, 5.41) is 12.3. The Morgan fingerprint density at radius 1 is 1.56 bits per heavy atom. The van der Waals surface area contributed by atoms with Gasteiger partial charge in [-0.25, -0.2) is 4.98 Å². The molecule has 1 atom stereocenters. The number of piperidine rings is 1. The molecule has 1 unspecified atom stereocenters. The van der Waals surface area contributed by atoms with Crippen LogP contribution in [0.1, 0.15) is 24.8 Å². The Morgan fingerprint density at radius 3 is 3.17 bits per heavy atom. The number of pyridine rings is 1. The van der Waals surface area contributed by atoms with Gasteiger partial charge in [0, 0.05) is 6.20 Å². The minimum atomic E-state index is 0. The molecule has 98 valence electrons. The molecule has 2 rings (SSSR count). The Kier molecular flexibility index (Phi) is 6.48. The predicted octanol–water partition coefficient (Wildman–Crippen LogP) is 2.14. The van der Waals surface area contributed by atoms with Crippen LogP contribution in [0.5, 0.6) is 5.88 Å². The van der Waals surface area contributed by atoms with Gasteiger partial charge in [0.15, 0.2) is 0 Å². The number of ether oxygens (including phenoxy) is 1. The molecule has 0 aromatic carbocycles. The molecule has 1 aromatic rings. The van der Waals surface area contributed by atoms with Crippen molar-refractivity contribution >= 4 is 12.4 Å². The van der Waals surface area contributed by atoms with E-state index in [9.17, 15) is 0 Å². The SMILES string of the molecule is Cl.N#Cc1cccnc1OCCC1CCCNC1. The Balaban J connectivity index is 0.00000162. The predicted molar refractivity (Wildman–Crippen MR) is 71.9 cm³/mol. The summed E-state index contributed by atoms with van der Waals surface area (Å²) in [6, 6.07) is 5.56. The van der Waals surface area contributed by atoms with Crippen molar-refractivity contribution in [2.45, 2.75) is 19.3 Å². The maximum absolute atomic E-state index is 8.89. The number of aromatic nitrogens is 1. The number of nitriles is 1. The van der Waals surface area contributed by atoms with Crippen LogP contribution in [0.3, 0.4) is 0 Å². The van der Waals surface area contributed by atoms with Crippen molar-refractivity contribution in [1.82, 2.24) is 10.3 Å². The normalized spacial score (nSPS) is 18.5. The molecule has 0 amide bonds. The lowest BCUT2D eigenvalue weighted by atomic mass is 9.97. The summed E-state index contributed by atoms with van der Waals surface area (Å²) in [5.41, 5.74) is 0.509. The molecule has 18 heavy (non-hydrogen) atoms. The van der Waals surface area contributed by atoms with Gasteiger partial charge in [-0.2, -0.15) is 5.26 Å². The quantitative estimate of drug-likeness (QED) is 0.908. The third-order valence-corrected chi connectivity index (χ3v) is 3.06. The van der Waals surface area contributed by atoms with Crippen molar-refractivity contribution in [1.29, 1.82) is 5.26 Å². The Hall–Kier alpha value is -1.31. The molecule has 1 aliphatic heterocycles.